The van der Waals surface area contributed by atoms with E-state index in [2.05, 4.69) is 16.1 Å². The molecule has 3 unspecified atom stereocenters. The van der Waals surface area contributed by atoms with Crippen molar-refractivity contribution in [3.8, 4) is 11.5 Å². The molecule has 0 spiro atoms. The standard InChI is InChI=1S/C22H32N6O/c1-25-28(2)22(27-15-17-12-13-26-17)20(14-23)21(24)16-8-10-19(11-9-16)29-18-6-4-3-5-7-18/h3-11,14,17,21-22,25-27H,12-13,15,23-24H2,1-2H3/b20-14-. The molecule has 1 saturated heterocycles. The first kappa shape index (κ1) is 21.3. The number of hydrogen-bond donors (Lipinski definition) is 5. The summed E-state index contributed by atoms with van der Waals surface area (Å²) in [5.41, 5.74) is 17.6. The molecule has 7 N–H and O–H groups in total. The fraction of sp³-hybridized carbons (Fsp3) is 0.364. The number of nitrogens with one attached hydrogen (secondary N) is 3. The van der Waals surface area contributed by atoms with E-state index in [1.165, 1.54) is 6.42 Å². The number of hydrogen-bond acceptors (Lipinski definition) is 7. The van der Waals surface area contributed by atoms with Gasteiger partial charge in [-0.05, 0) is 61.6 Å². The number of hydrazine groups is 1. The normalized spacial score (nSPS) is 18.9. The van der Waals surface area contributed by atoms with Crippen molar-refractivity contribution in [3.05, 3.63) is 71.9 Å². The van der Waals surface area contributed by atoms with Crippen LogP contribution in [0.25, 0.3) is 0 Å². The molecule has 3 atom stereocenters. The van der Waals surface area contributed by atoms with Crippen molar-refractivity contribution in [2.24, 2.45) is 11.5 Å². The Morgan fingerprint density at radius 3 is 2.41 bits per heavy atom. The molecule has 0 aromatic heterocycles. The van der Waals surface area contributed by atoms with Gasteiger partial charge in [0.15, 0.2) is 0 Å². The Kier molecular flexibility index (Phi) is 7.62. The number of nitrogens with two attached hydrogens (primary N) is 2. The van der Waals surface area contributed by atoms with E-state index in [0.29, 0.717) is 6.04 Å². The second-order valence-corrected chi connectivity index (χ2v) is 7.21. The zero-order valence-corrected chi connectivity index (χ0v) is 17.1. The highest BCUT2D eigenvalue weighted by molar-refractivity contribution is 5.37. The Morgan fingerprint density at radius 1 is 1.21 bits per heavy atom. The van der Waals surface area contributed by atoms with Gasteiger partial charge < -0.3 is 21.5 Å². The number of rotatable bonds is 10. The number of likely N-dealkylation sites (N-methyl/N-ethyl adjacent to an activating group) is 1. The summed E-state index contributed by atoms with van der Waals surface area (Å²) in [5, 5.41) is 8.95. The molecule has 0 amide bonds. The highest BCUT2D eigenvalue weighted by atomic mass is 16.5. The molecule has 0 radical (unpaired) electrons. The average Bonchev–Trinajstić information content (AvgIpc) is 2.72. The van der Waals surface area contributed by atoms with Crippen LogP contribution in [0.3, 0.4) is 0 Å². The van der Waals surface area contributed by atoms with Gasteiger partial charge in [0, 0.05) is 19.6 Å². The minimum Gasteiger partial charge on any atom is -0.457 e. The molecule has 2 aromatic carbocycles. The number of benzene rings is 2. The zero-order chi connectivity index (χ0) is 20.6. The van der Waals surface area contributed by atoms with Crippen molar-refractivity contribution >= 4 is 0 Å². The van der Waals surface area contributed by atoms with Crippen LogP contribution >= 0.6 is 0 Å². The summed E-state index contributed by atoms with van der Waals surface area (Å²) in [6.45, 7) is 1.93. The van der Waals surface area contributed by atoms with Gasteiger partial charge in [-0.1, -0.05) is 30.3 Å². The molecule has 0 aliphatic carbocycles. The quantitative estimate of drug-likeness (QED) is 0.308. The molecule has 0 saturated carbocycles. The monoisotopic (exact) mass is 396 g/mol. The number of para-hydroxylation sites is 1. The summed E-state index contributed by atoms with van der Waals surface area (Å²) in [6, 6.07) is 17.7. The van der Waals surface area contributed by atoms with Crippen molar-refractivity contribution in [1.29, 1.82) is 0 Å². The molecule has 0 bridgehead atoms. The predicted molar refractivity (Wildman–Crippen MR) is 117 cm³/mol. The second-order valence-electron chi connectivity index (χ2n) is 7.21. The van der Waals surface area contributed by atoms with Crippen LogP contribution in [-0.4, -0.2) is 44.4 Å². The van der Waals surface area contributed by atoms with Crippen LogP contribution in [0, 0.1) is 0 Å². The van der Waals surface area contributed by atoms with E-state index in [1.807, 2.05) is 73.7 Å². The molecule has 1 aliphatic heterocycles. The fourth-order valence-electron chi connectivity index (χ4n) is 3.31. The minimum absolute atomic E-state index is 0.123. The van der Waals surface area contributed by atoms with Crippen LogP contribution < -0.4 is 32.3 Å². The third-order valence-electron chi connectivity index (χ3n) is 5.31. The Bertz CT molecular complexity index is 776. The lowest BCUT2D eigenvalue weighted by Gasteiger charge is -2.36. The minimum atomic E-state index is -0.339. The van der Waals surface area contributed by atoms with E-state index in [4.69, 9.17) is 16.2 Å². The molecule has 3 rings (SSSR count). The van der Waals surface area contributed by atoms with Crippen molar-refractivity contribution in [2.75, 3.05) is 27.2 Å². The van der Waals surface area contributed by atoms with Crippen LogP contribution in [-0.2, 0) is 0 Å². The van der Waals surface area contributed by atoms with Crippen LogP contribution in [0.2, 0.25) is 0 Å². The molecule has 7 heteroatoms. The van der Waals surface area contributed by atoms with E-state index in [9.17, 15) is 0 Å². The molecule has 1 aliphatic rings. The predicted octanol–water partition coefficient (Wildman–Crippen LogP) is 1.67. The first-order chi connectivity index (χ1) is 14.1. The van der Waals surface area contributed by atoms with Crippen LogP contribution in [0.1, 0.15) is 18.0 Å². The van der Waals surface area contributed by atoms with E-state index in [1.54, 1.807) is 6.20 Å². The van der Waals surface area contributed by atoms with Gasteiger partial charge in [0.05, 0.1) is 12.2 Å². The van der Waals surface area contributed by atoms with E-state index in [-0.39, 0.29) is 12.2 Å². The lowest BCUT2D eigenvalue weighted by molar-refractivity contribution is 0.162. The maximum Gasteiger partial charge on any atom is 0.127 e. The van der Waals surface area contributed by atoms with Gasteiger partial charge in [0.1, 0.15) is 11.5 Å². The lowest BCUT2D eigenvalue weighted by Crippen LogP contribution is -2.57. The first-order valence-corrected chi connectivity index (χ1v) is 9.99. The maximum absolute atomic E-state index is 6.60. The largest absolute Gasteiger partial charge is 0.457 e. The van der Waals surface area contributed by atoms with Crippen molar-refractivity contribution in [1.82, 2.24) is 21.1 Å². The molecular formula is C22H32N6O. The fourth-order valence-corrected chi connectivity index (χ4v) is 3.31. The highest BCUT2D eigenvalue weighted by Gasteiger charge is 2.26. The Labute approximate surface area is 173 Å². The molecule has 29 heavy (non-hydrogen) atoms. The van der Waals surface area contributed by atoms with Gasteiger partial charge >= 0.3 is 0 Å². The van der Waals surface area contributed by atoms with Gasteiger partial charge in [0.2, 0.25) is 0 Å². The SMILES string of the molecule is CNN(C)C(NCC1CCN1)/C(=C\N)C(N)c1ccc(Oc2ccccc2)cc1. The topological polar surface area (TPSA) is 101 Å². The van der Waals surface area contributed by atoms with E-state index >= 15 is 0 Å². The van der Waals surface area contributed by atoms with Gasteiger partial charge in [-0.15, -0.1) is 0 Å². The summed E-state index contributed by atoms with van der Waals surface area (Å²) in [7, 11) is 3.85. The molecule has 156 valence electrons. The Hall–Kier alpha value is -2.42. The van der Waals surface area contributed by atoms with E-state index < -0.39 is 0 Å². The van der Waals surface area contributed by atoms with Gasteiger partial charge in [-0.3, -0.25) is 10.7 Å². The Balaban J connectivity index is 1.69. The third kappa shape index (κ3) is 5.56. The van der Waals surface area contributed by atoms with Crippen LogP contribution in [0.5, 0.6) is 11.5 Å². The van der Waals surface area contributed by atoms with Crippen molar-refractivity contribution in [3.63, 3.8) is 0 Å². The zero-order valence-electron chi connectivity index (χ0n) is 17.1. The van der Waals surface area contributed by atoms with Crippen LogP contribution in [0.4, 0.5) is 0 Å². The third-order valence-corrected chi connectivity index (χ3v) is 5.31. The first-order valence-electron chi connectivity index (χ1n) is 9.99. The molecule has 7 nitrogen and oxygen atoms in total. The van der Waals surface area contributed by atoms with Crippen molar-refractivity contribution in [2.45, 2.75) is 24.7 Å². The van der Waals surface area contributed by atoms with Crippen molar-refractivity contribution < 1.29 is 4.74 Å². The molecule has 2 aromatic rings. The van der Waals surface area contributed by atoms with Gasteiger partial charge in [-0.25, -0.2) is 5.01 Å². The summed E-state index contributed by atoms with van der Waals surface area (Å²) in [5.74, 6) is 1.57. The summed E-state index contributed by atoms with van der Waals surface area (Å²) in [4.78, 5) is 0. The second kappa shape index (κ2) is 10.4. The summed E-state index contributed by atoms with van der Waals surface area (Å²) >= 11 is 0. The smallest absolute Gasteiger partial charge is 0.127 e. The number of nitrogens with zero attached hydrogens (tertiary/aromatic N) is 1. The van der Waals surface area contributed by atoms with Gasteiger partial charge in [-0.2, -0.15) is 0 Å². The van der Waals surface area contributed by atoms with Crippen LogP contribution in [0.15, 0.2) is 66.4 Å². The average molecular weight is 397 g/mol. The number of ether oxygens (including phenoxy) is 1. The molecule has 1 fully saturated rings. The Morgan fingerprint density at radius 2 is 1.86 bits per heavy atom. The summed E-state index contributed by atoms with van der Waals surface area (Å²) < 4.78 is 5.87. The van der Waals surface area contributed by atoms with E-state index in [0.717, 1.165) is 35.7 Å². The van der Waals surface area contributed by atoms with Gasteiger partial charge in [0.25, 0.3) is 0 Å². The lowest BCUT2D eigenvalue weighted by atomic mass is 9.97. The molecular weight excluding hydrogens is 364 g/mol. The highest BCUT2D eigenvalue weighted by Crippen LogP contribution is 2.26. The molecule has 1 heterocycles. The summed E-state index contributed by atoms with van der Waals surface area (Å²) in [6.07, 6.45) is 2.67. The maximum atomic E-state index is 6.60.